The van der Waals surface area contributed by atoms with Crippen molar-refractivity contribution in [2.75, 3.05) is 26.2 Å². The highest BCUT2D eigenvalue weighted by Gasteiger charge is 2.25. The van der Waals surface area contributed by atoms with Crippen molar-refractivity contribution in [1.29, 1.82) is 0 Å². The summed E-state index contributed by atoms with van der Waals surface area (Å²) in [4.78, 5) is 34.9. The van der Waals surface area contributed by atoms with Gasteiger partial charge in [0.05, 0.1) is 16.6 Å². The smallest absolute Gasteiger partial charge is 0.259 e. The lowest BCUT2D eigenvalue weighted by Gasteiger charge is -2.34. The molecule has 1 aliphatic rings. The van der Waals surface area contributed by atoms with Crippen LogP contribution in [0.4, 0.5) is 0 Å². The van der Waals surface area contributed by atoms with Crippen LogP contribution in [0.25, 0.3) is 16.6 Å². The van der Waals surface area contributed by atoms with Gasteiger partial charge in [-0.1, -0.05) is 6.07 Å². The predicted octanol–water partition coefficient (Wildman–Crippen LogP) is 2.33. The Hall–Kier alpha value is -3.52. The molecule has 4 aromatic rings. The molecule has 0 N–H and O–H groups in total. The third-order valence-corrected chi connectivity index (χ3v) is 6.10. The summed E-state index contributed by atoms with van der Waals surface area (Å²) in [5.41, 5.74) is 3.54. The van der Waals surface area contributed by atoms with Crippen molar-refractivity contribution in [3.8, 4) is 0 Å². The van der Waals surface area contributed by atoms with Crippen LogP contribution in [0.15, 0.2) is 53.6 Å². The lowest BCUT2D eigenvalue weighted by Crippen LogP contribution is -2.49. The molecule has 0 aliphatic carbocycles. The summed E-state index contributed by atoms with van der Waals surface area (Å²) in [6.07, 6.45) is 3.61. The van der Waals surface area contributed by atoms with E-state index in [2.05, 4.69) is 21.0 Å². The Kier molecular flexibility index (Phi) is 5.22. The standard InChI is InChI=1S/C24H26N6O2/c1-3-28-16-21(22(31)20-8-7-17(2)25-23(20)28)24(32)29-12-10-27(11-13-29)15-18-14-19-6-4-5-9-30(19)26-18/h4-9,14,16H,3,10-13,15H2,1-2H3. The first-order chi connectivity index (χ1) is 15.5. The van der Waals surface area contributed by atoms with Gasteiger partial charge in [-0.3, -0.25) is 14.5 Å². The number of amides is 1. The van der Waals surface area contributed by atoms with Gasteiger partial charge in [0.2, 0.25) is 5.43 Å². The number of fused-ring (bicyclic) bond motifs is 2. The van der Waals surface area contributed by atoms with Gasteiger partial charge >= 0.3 is 0 Å². The van der Waals surface area contributed by atoms with Crippen LogP contribution < -0.4 is 5.43 Å². The maximum absolute atomic E-state index is 13.2. The molecule has 5 rings (SSSR count). The first kappa shape index (κ1) is 20.4. The number of aromatic nitrogens is 4. The highest BCUT2D eigenvalue weighted by atomic mass is 16.2. The molecule has 164 valence electrons. The molecule has 0 spiro atoms. The molecule has 0 radical (unpaired) electrons. The zero-order valence-corrected chi connectivity index (χ0v) is 18.4. The van der Waals surface area contributed by atoms with E-state index in [-0.39, 0.29) is 16.9 Å². The molecule has 0 aromatic carbocycles. The molecular formula is C24H26N6O2. The third kappa shape index (κ3) is 3.67. The number of pyridine rings is 3. The van der Waals surface area contributed by atoms with Gasteiger partial charge in [0.1, 0.15) is 11.2 Å². The van der Waals surface area contributed by atoms with Gasteiger partial charge in [0.15, 0.2) is 0 Å². The molecule has 8 nitrogen and oxygen atoms in total. The van der Waals surface area contributed by atoms with Gasteiger partial charge < -0.3 is 9.47 Å². The number of hydrogen-bond donors (Lipinski definition) is 0. The van der Waals surface area contributed by atoms with E-state index >= 15 is 0 Å². The largest absolute Gasteiger partial charge is 0.336 e. The van der Waals surface area contributed by atoms with Crippen molar-refractivity contribution in [1.82, 2.24) is 29.0 Å². The van der Waals surface area contributed by atoms with Crippen LogP contribution in [-0.2, 0) is 13.1 Å². The molecule has 1 aliphatic heterocycles. The van der Waals surface area contributed by atoms with E-state index in [1.165, 1.54) is 0 Å². The van der Waals surface area contributed by atoms with E-state index in [0.29, 0.717) is 30.7 Å². The second-order valence-electron chi connectivity index (χ2n) is 8.26. The van der Waals surface area contributed by atoms with Crippen LogP contribution in [0.5, 0.6) is 0 Å². The Morgan fingerprint density at radius 3 is 2.66 bits per heavy atom. The van der Waals surface area contributed by atoms with Gasteiger partial charge in [-0.05, 0) is 44.2 Å². The quantitative estimate of drug-likeness (QED) is 0.497. The highest BCUT2D eigenvalue weighted by Crippen LogP contribution is 2.15. The average Bonchev–Trinajstić information content (AvgIpc) is 3.22. The first-order valence-electron chi connectivity index (χ1n) is 11.0. The minimum atomic E-state index is -0.241. The lowest BCUT2D eigenvalue weighted by atomic mass is 10.1. The Morgan fingerprint density at radius 2 is 1.91 bits per heavy atom. The van der Waals surface area contributed by atoms with Gasteiger partial charge in [-0.25, -0.2) is 9.50 Å². The summed E-state index contributed by atoms with van der Waals surface area (Å²) >= 11 is 0. The van der Waals surface area contributed by atoms with Crippen LogP contribution in [0.2, 0.25) is 0 Å². The summed E-state index contributed by atoms with van der Waals surface area (Å²) in [6, 6.07) is 11.7. The molecule has 1 saturated heterocycles. The van der Waals surface area contributed by atoms with Crippen molar-refractivity contribution in [3.05, 3.63) is 76.0 Å². The van der Waals surface area contributed by atoms with E-state index in [0.717, 1.165) is 36.5 Å². The van der Waals surface area contributed by atoms with Crippen LogP contribution in [0, 0.1) is 6.92 Å². The summed E-state index contributed by atoms with van der Waals surface area (Å²) in [6.45, 7) is 7.93. The Labute approximate surface area is 185 Å². The number of carbonyl (C=O) groups is 1. The van der Waals surface area contributed by atoms with E-state index in [1.807, 2.05) is 53.4 Å². The molecule has 0 atom stereocenters. The molecule has 32 heavy (non-hydrogen) atoms. The molecule has 0 unspecified atom stereocenters. The van der Waals surface area contributed by atoms with Crippen LogP contribution >= 0.6 is 0 Å². The maximum Gasteiger partial charge on any atom is 0.259 e. The van der Waals surface area contributed by atoms with Crippen molar-refractivity contribution in [3.63, 3.8) is 0 Å². The zero-order valence-electron chi connectivity index (χ0n) is 18.4. The van der Waals surface area contributed by atoms with Gasteiger partial charge in [0, 0.05) is 57.4 Å². The van der Waals surface area contributed by atoms with E-state index in [1.54, 1.807) is 17.2 Å². The molecule has 5 heterocycles. The van der Waals surface area contributed by atoms with Crippen molar-refractivity contribution >= 4 is 22.5 Å². The highest BCUT2D eigenvalue weighted by molar-refractivity contribution is 5.97. The summed E-state index contributed by atoms with van der Waals surface area (Å²) < 4.78 is 3.76. The fourth-order valence-electron chi connectivity index (χ4n) is 4.33. The van der Waals surface area contributed by atoms with Crippen molar-refractivity contribution < 1.29 is 4.79 Å². The number of hydrogen-bond acceptors (Lipinski definition) is 5. The number of carbonyl (C=O) groups excluding carboxylic acids is 1. The molecular weight excluding hydrogens is 404 g/mol. The predicted molar refractivity (Wildman–Crippen MR) is 123 cm³/mol. The molecule has 8 heteroatoms. The topological polar surface area (TPSA) is 75.7 Å². The third-order valence-electron chi connectivity index (χ3n) is 6.10. The minimum absolute atomic E-state index is 0.202. The normalized spacial score (nSPS) is 15.0. The van der Waals surface area contributed by atoms with Crippen LogP contribution in [0.3, 0.4) is 0 Å². The van der Waals surface area contributed by atoms with Gasteiger partial charge in [-0.2, -0.15) is 5.10 Å². The molecule has 4 aromatic heterocycles. The van der Waals surface area contributed by atoms with Crippen LogP contribution in [0.1, 0.15) is 28.7 Å². The molecule has 0 bridgehead atoms. The van der Waals surface area contributed by atoms with Gasteiger partial charge in [0.25, 0.3) is 5.91 Å². The van der Waals surface area contributed by atoms with Gasteiger partial charge in [-0.15, -0.1) is 0 Å². The Balaban J connectivity index is 1.32. The minimum Gasteiger partial charge on any atom is -0.336 e. The molecule has 0 saturated carbocycles. The zero-order chi connectivity index (χ0) is 22.2. The molecule has 1 fully saturated rings. The average molecular weight is 431 g/mol. The lowest BCUT2D eigenvalue weighted by molar-refractivity contribution is 0.0625. The fraction of sp³-hybridized carbons (Fsp3) is 0.333. The Bertz CT molecular complexity index is 1330. The van der Waals surface area contributed by atoms with Crippen LogP contribution in [-0.4, -0.2) is 61.1 Å². The van der Waals surface area contributed by atoms with E-state index in [4.69, 9.17) is 0 Å². The maximum atomic E-state index is 13.2. The van der Waals surface area contributed by atoms with E-state index in [9.17, 15) is 9.59 Å². The number of rotatable bonds is 4. The molecule has 1 amide bonds. The first-order valence-corrected chi connectivity index (χ1v) is 11.0. The summed E-state index contributed by atoms with van der Waals surface area (Å²) in [5, 5.41) is 5.11. The second kappa shape index (κ2) is 8.20. The summed E-state index contributed by atoms with van der Waals surface area (Å²) in [7, 11) is 0. The number of nitrogens with zero attached hydrogens (tertiary/aromatic N) is 6. The van der Waals surface area contributed by atoms with Crippen molar-refractivity contribution in [2.24, 2.45) is 0 Å². The number of piperazine rings is 1. The SMILES string of the molecule is CCn1cc(C(=O)N2CCN(Cc3cc4ccccn4n3)CC2)c(=O)c2ccc(C)nc21. The second-order valence-corrected chi connectivity index (χ2v) is 8.26. The van der Waals surface area contributed by atoms with Crippen molar-refractivity contribution in [2.45, 2.75) is 26.9 Å². The number of aryl methyl sites for hydroxylation is 2. The fourth-order valence-corrected chi connectivity index (χ4v) is 4.33. The summed E-state index contributed by atoms with van der Waals surface area (Å²) in [5.74, 6) is -0.202. The van der Waals surface area contributed by atoms with E-state index < -0.39 is 0 Å². The Morgan fingerprint density at radius 1 is 1.09 bits per heavy atom. The monoisotopic (exact) mass is 430 g/mol.